The summed E-state index contributed by atoms with van der Waals surface area (Å²) in [6.45, 7) is -0.504. The number of anilines is 1. The molecule has 20 heavy (non-hydrogen) atoms. The third kappa shape index (κ3) is 4.10. The minimum absolute atomic E-state index is 0.129. The SMILES string of the molecule is Cc1ccc(NCc2cc(Cl)ccc2OC(F)F)cc1. The summed E-state index contributed by atoms with van der Waals surface area (Å²) in [6, 6.07) is 12.4. The van der Waals surface area contributed by atoms with Gasteiger partial charge in [0, 0.05) is 22.8 Å². The van der Waals surface area contributed by atoms with Gasteiger partial charge in [0.25, 0.3) is 0 Å². The van der Waals surface area contributed by atoms with Crippen LogP contribution in [0.15, 0.2) is 42.5 Å². The van der Waals surface area contributed by atoms with E-state index in [9.17, 15) is 8.78 Å². The first-order chi connectivity index (χ1) is 9.54. The fourth-order valence-electron chi connectivity index (χ4n) is 1.77. The van der Waals surface area contributed by atoms with Crippen molar-refractivity contribution < 1.29 is 13.5 Å². The van der Waals surface area contributed by atoms with Crippen molar-refractivity contribution in [2.24, 2.45) is 0 Å². The molecule has 0 heterocycles. The van der Waals surface area contributed by atoms with Crippen LogP contribution in [0.4, 0.5) is 14.5 Å². The Bertz CT molecular complexity index is 573. The Morgan fingerprint density at radius 3 is 2.50 bits per heavy atom. The first kappa shape index (κ1) is 14.6. The van der Waals surface area contributed by atoms with Crippen molar-refractivity contribution in [3.63, 3.8) is 0 Å². The second-order valence-electron chi connectivity index (χ2n) is 4.35. The molecule has 2 nitrogen and oxygen atoms in total. The Labute approximate surface area is 121 Å². The molecule has 0 spiro atoms. The number of aryl methyl sites for hydroxylation is 1. The van der Waals surface area contributed by atoms with Gasteiger partial charge < -0.3 is 10.1 Å². The zero-order valence-corrected chi connectivity index (χ0v) is 11.6. The standard InChI is InChI=1S/C15H14ClF2NO/c1-10-2-5-13(6-3-10)19-9-11-8-12(16)4-7-14(11)20-15(17)18/h2-8,15,19H,9H2,1H3. The van der Waals surface area contributed by atoms with Crippen LogP contribution < -0.4 is 10.1 Å². The molecule has 0 unspecified atom stereocenters. The summed E-state index contributed by atoms with van der Waals surface area (Å²) in [5, 5.41) is 3.62. The van der Waals surface area contributed by atoms with E-state index in [0.29, 0.717) is 17.1 Å². The third-order valence-corrected chi connectivity index (χ3v) is 3.01. The molecule has 0 atom stereocenters. The van der Waals surface area contributed by atoms with Crippen LogP contribution in [0.5, 0.6) is 5.75 Å². The van der Waals surface area contributed by atoms with Crippen LogP contribution in [-0.2, 0) is 6.54 Å². The molecule has 0 aliphatic rings. The maximum Gasteiger partial charge on any atom is 0.387 e. The molecule has 1 N–H and O–H groups in total. The molecule has 0 saturated carbocycles. The highest BCUT2D eigenvalue weighted by Crippen LogP contribution is 2.25. The van der Waals surface area contributed by atoms with Gasteiger partial charge in [-0.2, -0.15) is 8.78 Å². The van der Waals surface area contributed by atoms with Crippen molar-refractivity contribution in [3.05, 3.63) is 58.6 Å². The van der Waals surface area contributed by atoms with E-state index in [2.05, 4.69) is 10.1 Å². The molecule has 2 aromatic rings. The summed E-state index contributed by atoms with van der Waals surface area (Å²) in [7, 11) is 0. The van der Waals surface area contributed by atoms with Gasteiger partial charge in [0.15, 0.2) is 0 Å². The molecule has 0 bridgehead atoms. The number of nitrogens with one attached hydrogen (secondary N) is 1. The van der Waals surface area contributed by atoms with Gasteiger partial charge >= 0.3 is 6.61 Å². The highest BCUT2D eigenvalue weighted by atomic mass is 35.5. The number of alkyl halides is 2. The quantitative estimate of drug-likeness (QED) is 0.851. The number of halogens is 3. The fourth-order valence-corrected chi connectivity index (χ4v) is 1.96. The maximum atomic E-state index is 12.3. The van der Waals surface area contributed by atoms with Crippen LogP contribution in [0, 0.1) is 6.92 Å². The van der Waals surface area contributed by atoms with Crippen molar-refractivity contribution >= 4 is 17.3 Å². The first-order valence-corrected chi connectivity index (χ1v) is 6.46. The number of hydrogen-bond donors (Lipinski definition) is 1. The Hall–Kier alpha value is -1.81. The molecule has 0 radical (unpaired) electrons. The van der Waals surface area contributed by atoms with Gasteiger partial charge in [0.05, 0.1) is 0 Å². The van der Waals surface area contributed by atoms with Gasteiger partial charge in [-0.25, -0.2) is 0 Å². The van der Waals surface area contributed by atoms with E-state index in [-0.39, 0.29) is 5.75 Å². The number of hydrogen-bond acceptors (Lipinski definition) is 2. The molecule has 0 saturated heterocycles. The zero-order chi connectivity index (χ0) is 14.5. The average Bonchev–Trinajstić information content (AvgIpc) is 2.40. The van der Waals surface area contributed by atoms with Crippen molar-refractivity contribution in [1.29, 1.82) is 0 Å². The second kappa shape index (κ2) is 6.57. The second-order valence-corrected chi connectivity index (χ2v) is 4.79. The van der Waals surface area contributed by atoms with Gasteiger partial charge in [-0.05, 0) is 37.3 Å². The molecule has 0 aliphatic carbocycles. The van der Waals surface area contributed by atoms with Crippen LogP contribution in [0.2, 0.25) is 5.02 Å². The van der Waals surface area contributed by atoms with E-state index in [1.54, 1.807) is 6.07 Å². The number of ether oxygens (including phenoxy) is 1. The van der Waals surface area contributed by atoms with E-state index >= 15 is 0 Å². The topological polar surface area (TPSA) is 21.3 Å². The zero-order valence-electron chi connectivity index (χ0n) is 10.9. The molecule has 0 fully saturated rings. The lowest BCUT2D eigenvalue weighted by Crippen LogP contribution is -2.07. The predicted molar refractivity (Wildman–Crippen MR) is 76.6 cm³/mol. The van der Waals surface area contributed by atoms with Crippen LogP contribution >= 0.6 is 11.6 Å². The van der Waals surface area contributed by atoms with Crippen molar-refractivity contribution in [3.8, 4) is 5.75 Å². The van der Waals surface area contributed by atoms with Gasteiger partial charge in [-0.15, -0.1) is 0 Å². The molecule has 2 rings (SSSR count). The van der Waals surface area contributed by atoms with Gasteiger partial charge in [-0.1, -0.05) is 29.3 Å². The van der Waals surface area contributed by atoms with Crippen LogP contribution in [0.1, 0.15) is 11.1 Å². The average molecular weight is 298 g/mol. The molecule has 106 valence electrons. The summed E-state index contributed by atoms with van der Waals surface area (Å²) in [4.78, 5) is 0. The highest BCUT2D eigenvalue weighted by Gasteiger charge is 2.10. The third-order valence-electron chi connectivity index (χ3n) is 2.77. The van der Waals surface area contributed by atoms with Gasteiger partial charge in [0.1, 0.15) is 5.75 Å². The van der Waals surface area contributed by atoms with Gasteiger partial charge in [-0.3, -0.25) is 0 Å². The van der Waals surface area contributed by atoms with E-state index < -0.39 is 6.61 Å². The lowest BCUT2D eigenvalue weighted by atomic mass is 10.2. The summed E-state index contributed by atoms with van der Waals surface area (Å²) in [5.74, 6) is 0.129. The first-order valence-electron chi connectivity index (χ1n) is 6.08. The fraction of sp³-hybridized carbons (Fsp3) is 0.200. The smallest absolute Gasteiger partial charge is 0.387 e. The van der Waals surface area contributed by atoms with Crippen molar-refractivity contribution in [1.82, 2.24) is 0 Å². The van der Waals surface area contributed by atoms with Crippen LogP contribution in [0.25, 0.3) is 0 Å². The molecule has 5 heteroatoms. The van der Waals surface area contributed by atoms with Crippen LogP contribution in [-0.4, -0.2) is 6.61 Å². The summed E-state index contributed by atoms with van der Waals surface area (Å²) >= 11 is 5.89. The molecule has 0 aliphatic heterocycles. The Kier molecular flexibility index (Phi) is 4.79. The Morgan fingerprint density at radius 2 is 1.85 bits per heavy atom. The molecular formula is C15H14ClF2NO. The van der Waals surface area contributed by atoms with Crippen LogP contribution in [0.3, 0.4) is 0 Å². The Balaban J connectivity index is 2.11. The maximum absolute atomic E-state index is 12.3. The van der Waals surface area contributed by atoms with E-state index in [4.69, 9.17) is 11.6 Å². The van der Waals surface area contributed by atoms with Crippen molar-refractivity contribution in [2.75, 3.05) is 5.32 Å². The lowest BCUT2D eigenvalue weighted by molar-refractivity contribution is -0.0504. The largest absolute Gasteiger partial charge is 0.434 e. The Morgan fingerprint density at radius 1 is 1.15 bits per heavy atom. The molecule has 2 aromatic carbocycles. The number of benzene rings is 2. The minimum atomic E-state index is -2.85. The van der Waals surface area contributed by atoms with E-state index in [0.717, 1.165) is 11.3 Å². The summed E-state index contributed by atoms with van der Waals surface area (Å²) < 4.78 is 29.1. The molecule has 0 aromatic heterocycles. The number of rotatable bonds is 5. The lowest BCUT2D eigenvalue weighted by Gasteiger charge is -2.12. The molecule has 0 amide bonds. The molecular weight excluding hydrogens is 284 g/mol. The van der Waals surface area contributed by atoms with Gasteiger partial charge in [0.2, 0.25) is 0 Å². The van der Waals surface area contributed by atoms with Crippen molar-refractivity contribution in [2.45, 2.75) is 20.1 Å². The summed E-state index contributed by atoms with van der Waals surface area (Å²) in [5.41, 5.74) is 2.64. The predicted octanol–water partition coefficient (Wildman–Crippen LogP) is 4.86. The highest BCUT2D eigenvalue weighted by molar-refractivity contribution is 6.30. The van der Waals surface area contributed by atoms with E-state index in [1.165, 1.54) is 12.1 Å². The summed E-state index contributed by atoms with van der Waals surface area (Å²) in [6.07, 6.45) is 0. The minimum Gasteiger partial charge on any atom is -0.434 e. The monoisotopic (exact) mass is 297 g/mol. The van der Waals surface area contributed by atoms with E-state index in [1.807, 2.05) is 31.2 Å². The normalized spacial score (nSPS) is 10.7.